The van der Waals surface area contributed by atoms with E-state index in [9.17, 15) is 4.79 Å². The van der Waals surface area contributed by atoms with Crippen LogP contribution < -0.4 is 5.32 Å². The van der Waals surface area contributed by atoms with E-state index in [1.54, 1.807) is 28.4 Å². The molecule has 0 saturated heterocycles. The minimum absolute atomic E-state index is 0.186. The highest BCUT2D eigenvalue weighted by Gasteiger charge is 2.18. The molecular weight excluding hydrogens is 410 g/mol. The molecule has 1 aromatic carbocycles. The zero-order chi connectivity index (χ0) is 21.2. The third-order valence-corrected chi connectivity index (χ3v) is 5.83. The van der Waals surface area contributed by atoms with Gasteiger partial charge in [-0.3, -0.25) is 4.79 Å². The van der Waals surface area contributed by atoms with E-state index in [-0.39, 0.29) is 12.5 Å². The summed E-state index contributed by atoms with van der Waals surface area (Å²) in [5, 5.41) is 10.0. The summed E-state index contributed by atoms with van der Waals surface area (Å²) in [4.78, 5) is 23.1. The van der Waals surface area contributed by atoms with Crippen LogP contribution in [0.2, 0.25) is 0 Å². The number of fused-ring (bicyclic) bond motifs is 1. The van der Waals surface area contributed by atoms with Crippen LogP contribution in [0.3, 0.4) is 0 Å². The second-order valence-electron chi connectivity index (χ2n) is 6.90. The Hall–Kier alpha value is -3.78. The standard InChI is InChI=1S/C23H19N5O2S/c1-2-28-22-17(12-26-28)16(11-18(27-22)20-9-6-10-31-20)23(29)25-14-21-24-13-19(30-21)15-7-4-3-5-8-15/h3-13H,2,14H2,1H3,(H,25,29). The van der Waals surface area contributed by atoms with Gasteiger partial charge in [-0.2, -0.15) is 5.10 Å². The largest absolute Gasteiger partial charge is 0.439 e. The molecule has 5 rings (SSSR count). The van der Waals surface area contributed by atoms with Crippen LogP contribution in [0.4, 0.5) is 0 Å². The number of amides is 1. The first-order valence-electron chi connectivity index (χ1n) is 9.91. The number of benzene rings is 1. The first kappa shape index (κ1) is 19.2. The van der Waals surface area contributed by atoms with Gasteiger partial charge in [0.25, 0.3) is 5.91 Å². The van der Waals surface area contributed by atoms with Crippen LogP contribution in [-0.2, 0) is 13.1 Å². The van der Waals surface area contributed by atoms with Crippen molar-refractivity contribution in [3.05, 3.63) is 77.8 Å². The molecule has 154 valence electrons. The highest BCUT2D eigenvalue weighted by Crippen LogP contribution is 2.28. The summed E-state index contributed by atoms with van der Waals surface area (Å²) >= 11 is 1.58. The average molecular weight is 430 g/mol. The number of pyridine rings is 1. The van der Waals surface area contributed by atoms with Crippen LogP contribution in [0.25, 0.3) is 32.9 Å². The fourth-order valence-corrected chi connectivity index (χ4v) is 4.08. The maximum atomic E-state index is 13.1. The van der Waals surface area contributed by atoms with Crippen molar-refractivity contribution in [2.24, 2.45) is 0 Å². The van der Waals surface area contributed by atoms with Crippen molar-refractivity contribution < 1.29 is 9.21 Å². The number of carbonyl (C=O) groups excluding carboxylic acids is 1. The van der Waals surface area contributed by atoms with Crippen LogP contribution in [0, 0.1) is 0 Å². The molecule has 7 nitrogen and oxygen atoms in total. The second kappa shape index (κ2) is 8.16. The molecule has 1 amide bonds. The summed E-state index contributed by atoms with van der Waals surface area (Å²) in [5.74, 6) is 0.890. The minimum atomic E-state index is -0.222. The maximum Gasteiger partial charge on any atom is 0.252 e. The number of oxazole rings is 1. The molecule has 1 N–H and O–H groups in total. The fourth-order valence-electron chi connectivity index (χ4n) is 3.40. The molecule has 31 heavy (non-hydrogen) atoms. The van der Waals surface area contributed by atoms with Gasteiger partial charge in [-0.25, -0.2) is 14.6 Å². The molecule has 8 heteroatoms. The van der Waals surface area contributed by atoms with Crippen LogP contribution in [0.1, 0.15) is 23.2 Å². The monoisotopic (exact) mass is 429 g/mol. The molecule has 4 aromatic heterocycles. The number of thiophene rings is 1. The predicted octanol–water partition coefficient (Wildman–Crippen LogP) is 4.76. The van der Waals surface area contributed by atoms with E-state index < -0.39 is 0 Å². The van der Waals surface area contributed by atoms with Gasteiger partial charge in [0, 0.05) is 12.1 Å². The van der Waals surface area contributed by atoms with Crippen molar-refractivity contribution in [1.82, 2.24) is 25.1 Å². The molecule has 0 atom stereocenters. The number of carbonyl (C=O) groups is 1. The van der Waals surface area contributed by atoms with E-state index in [2.05, 4.69) is 15.4 Å². The fraction of sp³-hybridized carbons (Fsp3) is 0.130. The van der Waals surface area contributed by atoms with Gasteiger partial charge in [0.15, 0.2) is 11.4 Å². The Bertz CT molecular complexity index is 1340. The zero-order valence-corrected chi connectivity index (χ0v) is 17.6. The van der Waals surface area contributed by atoms with Gasteiger partial charge >= 0.3 is 0 Å². The van der Waals surface area contributed by atoms with Crippen LogP contribution >= 0.6 is 11.3 Å². The van der Waals surface area contributed by atoms with Gasteiger partial charge in [-0.1, -0.05) is 36.4 Å². The van der Waals surface area contributed by atoms with Gasteiger partial charge in [0.2, 0.25) is 5.89 Å². The Morgan fingerprint density at radius 3 is 2.81 bits per heavy atom. The Kier molecular flexibility index (Phi) is 5.05. The summed E-state index contributed by atoms with van der Waals surface area (Å²) in [6.07, 6.45) is 3.36. The molecule has 5 aromatic rings. The average Bonchev–Trinajstić information content (AvgIpc) is 3.58. The van der Waals surface area contributed by atoms with Crippen molar-refractivity contribution in [2.75, 3.05) is 0 Å². The molecule has 0 spiro atoms. The number of hydrogen-bond acceptors (Lipinski definition) is 6. The van der Waals surface area contributed by atoms with Crippen molar-refractivity contribution in [1.29, 1.82) is 0 Å². The summed E-state index contributed by atoms with van der Waals surface area (Å²) in [6, 6.07) is 15.5. The van der Waals surface area contributed by atoms with E-state index in [0.717, 1.165) is 21.5 Å². The maximum absolute atomic E-state index is 13.1. The normalized spacial score (nSPS) is 11.1. The molecule has 0 radical (unpaired) electrons. The SMILES string of the molecule is CCn1ncc2c(C(=O)NCc3ncc(-c4ccccc4)o3)cc(-c3cccs3)nc21. The summed E-state index contributed by atoms with van der Waals surface area (Å²) in [7, 11) is 0. The number of hydrogen-bond donors (Lipinski definition) is 1. The summed E-state index contributed by atoms with van der Waals surface area (Å²) in [6.45, 7) is 2.86. The molecule has 0 aliphatic heterocycles. The zero-order valence-electron chi connectivity index (χ0n) is 16.8. The van der Waals surface area contributed by atoms with E-state index in [1.807, 2.05) is 60.8 Å². The van der Waals surface area contributed by atoms with E-state index in [1.165, 1.54) is 0 Å². The lowest BCUT2D eigenvalue weighted by Gasteiger charge is -2.07. The molecule has 0 aliphatic rings. The van der Waals surface area contributed by atoms with Gasteiger partial charge in [-0.15, -0.1) is 11.3 Å². The number of aryl methyl sites for hydroxylation is 1. The van der Waals surface area contributed by atoms with Crippen molar-refractivity contribution >= 4 is 28.3 Å². The van der Waals surface area contributed by atoms with E-state index in [4.69, 9.17) is 9.40 Å². The molecule has 0 saturated carbocycles. The summed E-state index contributed by atoms with van der Waals surface area (Å²) < 4.78 is 7.59. The van der Waals surface area contributed by atoms with Crippen molar-refractivity contribution in [3.63, 3.8) is 0 Å². The lowest BCUT2D eigenvalue weighted by molar-refractivity contribution is 0.0949. The molecule has 0 aliphatic carbocycles. The van der Waals surface area contributed by atoms with Crippen LogP contribution in [-0.4, -0.2) is 25.7 Å². The van der Waals surface area contributed by atoms with E-state index in [0.29, 0.717) is 29.4 Å². The number of nitrogens with one attached hydrogen (secondary N) is 1. The molecule has 0 unspecified atom stereocenters. The highest BCUT2D eigenvalue weighted by molar-refractivity contribution is 7.13. The minimum Gasteiger partial charge on any atom is -0.439 e. The smallest absolute Gasteiger partial charge is 0.252 e. The second-order valence-corrected chi connectivity index (χ2v) is 7.84. The Balaban J connectivity index is 1.42. The Morgan fingerprint density at radius 2 is 2.03 bits per heavy atom. The quantitative estimate of drug-likeness (QED) is 0.420. The predicted molar refractivity (Wildman–Crippen MR) is 120 cm³/mol. The lowest BCUT2D eigenvalue weighted by Crippen LogP contribution is -2.23. The first-order chi connectivity index (χ1) is 15.2. The number of nitrogens with zero attached hydrogens (tertiary/aromatic N) is 4. The Labute approximate surface area is 182 Å². The van der Waals surface area contributed by atoms with Crippen molar-refractivity contribution in [3.8, 4) is 21.9 Å². The lowest BCUT2D eigenvalue weighted by atomic mass is 10.1. The van der Waals surface area contributed by atoms with Gasteiger partial charge in [-0.05, 0) is 24.4 Å². The van der Waals surface area contributed by atoms with Gasteiger partial charge < -0.3 is 9.73 Å². The number of aromatic nitrogens is 4. The molecule has 0 bridgehead atoms. The van der Waals surface area contributed by atoms with Crippen LogP contribution in [0.15, 0.2) is 70.7 Å². The van der Waals surface area contributed by atoms with Gasteiger partial charge in [0.1, 0.15) is 0 Å². The highest BCUT2D eigenvalue weighted by atomic mass is 32.1. The number of rotatable bonds is 6. The summed E-state index contributed by atoms with van der Waals surface area (Å²) in [5.41, 5.74) is 2.92. The molecule has 4 heterocycles. The van der Waals surface area contributed by atoms with E-state index >= 15 is 0 Å². The first-order valence-corrected chi connectivity index (χ1v) is 10.8. The van der Waals surface area contributed by atoms with Crippen molar-refractivity contribution in [2.45, 2.75) is 20.0 Å². The third kappa shape index (κ3) is 3.73. The molecular formula is C23H19N5O2S. The topological polar surface area (TPSA) is 85.8 Å². The Morgan fingerprint density at radius 1 is 1.16 bits per heavy atom. The van der Waals surface area contributed by atoms with Gasteiger partial charge in [0.05, 0.1) is 40.5 Å². The molecule has 0 fully saturated rings. The third-order valence-electron chi connectivity index (χ3n) is 4.94. The van der Waals surface area contributed by atoms with Crippen LogP contribution in [0.5, 0.6) is 0 Å².